The fourth-order valence-corrected chi connectivity index (χ4v) is 2.96. The van der Waals surface area contributed by atoms with Crippen molar-refractivity contribution in [1.29, 1.82) is 0 Å². The molecule has 2 aliphatic heterocycles. The van der Waals surface area contributed by atoms with Crippen molar-refractivity contribution in [3.05, 3.63) is 0 Å². The fraction of sp³-hybridized carbons (Fsp3) is 0.929. The van der Waals surface area contributed by atoms with Crippen LogP contribution in [0.25, 0.3) is 0 Å². The van der Waals surface area contributed by atoms with Gasteiger partial charge in [-0.05, 0) is 12.8 Å². The average Bonchev–Trinajstić information content (AvgIpc) is 2.93. The minimum Gasteiger partial charge on any atom is -0.457 e. The van der Waals surface area contributed by atoms with Gasteiger partial charge < -0.3 is 14.6 Å². The third-order valence-electron chi connectivity index (χ3n) is 4.03. The summed E-state index contributed by atoms with van der Waals surface area (Å²) in [6, 6.07) is 0. The Morgan fingerprint density at radius 3 is 2.89 bits per heavy atom. The molecule has 4 nitrogen and oxygen atoms in total. The van der Waals surface area contributed by atoms with E-state index in [0.29, 0.717) is 6.61 Å². The van der Waals surface area contributed by atoms with Gasteiger partial charge in [-0.1, -0.05) is 39.0 Å². The van der Waals surface area contributed by atoms with E-state index in [1.165, 1.54) is 19.3 Å². The number of aliphatic hydroxyl groups is 1. The molecule has 0 saturated carbocycles. The van der Waals surface area contributed by atoms with Gasteiger partial charge in [-0.25, -0.2) is 4.79 Å². The Bertz CT molecular complexity index is 279. The Labute approximate surface area is 109 Å². The van der Waals surface area contributed by atoms with Gasteiger partial charge in [-0.15, -0.1) is 0 Å². The van der Waals surface area contributed by atoms with E-state index >= 15 is 0 Å². The molecule has 0 aromatic rings. The average molecular weight is 256 g/mol. The molecule has 2 aliphatic rings. The highest BCUT2D eigenvalue weighted by atomic mass is 16.6. The fourth-order valence-electron chi connectivity index (χ4n) is 2.96. The first-order valence-corrected chi connectivity index (χ1v) is 7.24. The second-order valence-corrected chi connectivity index (χ2v) is 5.42. The maximum atomic E-state index is 11.5. The summed E-state index contributed by atoms with van der Waals surface area (Å²) in [6.07, 6.45) is 6.15. The molecule has 0 aromatic heterocycles. The van der Waals surface area contributed by atoms with Crippen molar-refractivity contribution in [2.24, 2.45) is 5.92 Å². The van der Waals surface area contributed by atoms with Crippen molar-refractivity contribution in [3.63, 3.8) is 0 Å². The lowest BCUT2D eigenvalue weighted by Crippen LogP contribution is -2.32. The van der Waals surface area contributed by atoms with E-state index < -0.39 is 12.2 Å². The summed E-state index contributed by atoms with van der Waals surface area (Å²) >= 11 is 0. The number of hydrogen-bond acceptors (Lipinski definition) is 4. The second kappa shape index (κ2) is 6.53. The van der Waals surface area contributed by atoms with Gasteiger partial charge in [0.2, 0.25) is 0 Å². The summed E-state index contributed by atoms with van der Waals surface area (Å²) in [5.41, 5.74) is 0. The van der Waals surface area contributed by atoms with Crippen molar-refractivity contribution < 1.29 is 19.4 Å². The summed E-state index contributed by atoms with van der Waals surface area (Å²) in [7, 11) is 0. The third-order valence-corrected chi connectivity index (χ3v) is 4.03. The van der Waals surface area contributed by atoms with Gasteiger partial charge in [0.1, 0.15) is 6.10 Å². The van der Waals surface area contributed by atoms with E-state index in [0.717, 1.165) is 25.7 Å². The molecule has 0 aromatic carbocycles. The summed E-state index contributed by atoms with van der Waals surface area (Å²) in [5, 5.41) is 10.1. The maximum Gasteiger partial charge on any atom is 0.336 e. The van der Waals surface area contributed by atoms with Crippen LogP contribution in [-0.2, 0) is 14.3 Å². The van der Waals surface area contributed by atoms with Gasteiger partial charge in [0.15, 0.2) is 6.10 Å². The molecule has 18 heavy (non-hydrogen) atoms. The Hall–Kier alpha value is -0.610. The molecule has 0 radical (unpaired) electrons. The van der Waals surface area contributed by atoms with Crippen LogP contribution in [0, 0.1) is 5.92 Å². The first-order chi connectivity index (χ1) is 8.74. The Kier molecular flexibility index (Phi) is 5.01. The van der Waals surface area contributed by atoms with Crippen LogP contribution in [0.3, 0.4) is 0 Å². The monoisotopic (exact) mass is 256 g/mol. The third kappa shape index (κ3) is 3.04. The number of ether oxygens (including phenoxy) is 2. The van der Waals surface area contributed by atoms with Gasteiger partial charge in [-0.3, -0.25) is 0 Å². The molecule has 2 rings (SSSR count). The number of carbonyl (C=O) groups excluding carboxylic acids is 1. The zero-order valence-electron chi connectivity index (χ0n) is 11.1. The van der Waals surface area contributed by atoms with Gasteiger partial charge >= 0.3 is 5.97 Å². The lowest BCUT2D eigenvalue weighted by molar-refractivity contribution is -0.152. The molecule has 4 atom stereocenters. The standard InChI is InChI=1S/C14H24O4/c1-2-3-4-5-6-7-11(15)12-10-8-9-17-13(10)14(16)18-12/h10-13,15H,2-9H2,1H3/t10-,11+,12-,13-/m1/s1. The van der Waals surface area contributed by atoms with Crippen molar-refractivity contribution in [2.75, 3.05) is 6.61 Å². The van der Waals surface area contributed by atoms with E-state index in [1.807, 2.05) is 0 Å². The molecule has 0 bridgehead atoms. The van der Waals surface area contributed by atoms with Crippen molar-refractivity contribution in [3.8, 4) is 0 Å². The number of unbranched alkanes of at least 4 members (excludes halogenated alkanes) is 4. The lowest BCUT2D eigenvalue weighted by atomic mass is 9.91. The summed E-state index contributed by atoms with van der Waals surface area (Å²) < 4.78 is 10.6. The largest absolute Gasteiger partial charge is 0.457 e. The van der Waals surface area contributed by atoms with Crippen LogP contribution < -0.4 is 0 Å². The van der Waals surface area contributed by atoms with Crippen LogP contribution in [0.4, 0.5) is 0 Å². The summed E-state index contributed by atoms with van der Waals surface area (Å²) in [6.45, 7) is 2.80. The van der Waals surface area contributed by atoms with Crippen molar-refractivity contribution in [2.45, 2.75) is 70.2 Å². The Morgan fingerprint density at radius 1 is 1.33 bits per heavy atom. The molecule has 104 valence electrons. The summed E-state index contributed by atoms with van der Waals surface area (Å²) in [4.78, 5) is 11.5. The minimum atomic E-state index is -0.521. The molecule has 1 N–H and O–H groups in total. The number of hydrogen-bond donors (Lipinski definition) is 1. The van der Waals surface area contributed by atoms with Crippen molar-refractivity contribution in [1.82, 2.24) is 0 Å². The first kappa shape index (κ1) is 13.8. The van der Waals surface area contributed by atoms with E-state index in [2.05, 4.69) is 6.92 Å². The smallest absolute Gasteiger partial charge is 0.336 e. The molecule has 4 heteroatoms. The zero-order chi connectivity index (χ0) is 13.0. The predicted octanol–water partition coefficient (Wildman–Crippen LogP) is 2.04. The molecule has 2 heterocycles. The number of carbonyl (C=O) groups is 1. The van der Waals surface area contributed by atoms with Gasteiger partial charge in [0.05, 0.1) is 6.10 Å². The molecule has 2 saturated heterocycles. The Balaban J connectivity index is 1.72. The molecular formula is C14H24O4. The van der Waals surface area contributed by atoms with Crippen LogP contribution in [-0.4, -0.2) is 36.0 Å². The van der Waals surface area contributed by atoms with Crippen LogP contribution in [0.1, 0.15) is 51.9 Å². The minimum absolute atomic E-state index is 0.0724. The quantitative estimate of drug-likeness (QED) is 0.559. The molecule has 0 spiro atoms. The van der Waals surface area contributed by atoms with E-state index in [4.69, 9.17) is 9.47 Å². The number of rotatable bonds is 7. The maximum absolute atomic E-state index is 11.5. The van der Waals surface area contributed by atoms with Crippen LogP contribution in [0.2, 0.25) is 0 Å². The summed E-state index contributed by atoms with van der Waals surface area (Å²) in [5.74, 6) is -0.212. The normalized spacial score (nSPS) is 32.3. The van der Waals surface area contributed by atoms with Crippen LogP contribution in [0.5, 0.6) is 0 Å². The Morgan fingerprint density at radius 2 is 2.11 bits per heavy atom. The number of cyclic esters (lactones) is 1. The molecule has 0 unspecified atom stereocenters. The molecule has 0 aliphatic carbocycles. The van der Waals surface area contributed by atoms with E-state index in [1.54, 1.807) is 0 Å². The van der Waals surface area contributed by atoms with Gasteiger partial charge in [0.25, 0.3) is 0 Å². The van der Waals surface area contributed by atoms with Crippen molar-refractivity contribution >= 4 is 5.97 Å². The highest BCUT2D eigenvalue weighted by molar-refractivity contribution is 5.78. The molecule has 0 amide bonds. The number of fused-ring (bicyclic) bond motifs is 1. The number of aliphatic hydroxyl groups excluding tert-OH is 1. The van der Waals surface area contributed by atoms with Crippen LogP contribution >= 0.6 is 0 Å². The van der Waals surface area contributed by atoms with E-state index in [-0.39, 0.29) is 18.0 Å². The highest BCUT2D eigenvalue weighted by Gasteiger charge is 2.50. The SMILES string of the molecule is CCCCCCC[C@H](O)[C@@H]1OC(=O)[C@@H]2OCC[C@H]12. The molecule has 2 fully saturated rings. The van der Waals surface area contributed by atoms with Crippen LogP contribution in [0.15, 0.2) is 0 Å². The topological polar surface area (TPSA) is 55.8 Å². The number of esters is 1. The molecular weight excluding hydrogens is 232 g/mol. The lowest BCUT2D eigenvalue weighted by Gasteiger charge is -2.21. The zero-order valence-corrected chi connectivity index (χ0v) is 11.1. The highest BCUT2D eigenvalue weighted by Crippen LogP contribution is 2.35. The van der Waals surface area contributed by atoms with Gasteiger partial charge in [-0.2, -0.15) is 0 Å². The first-order valence-electron chi connectivity index (χ1n) is 7.24. The second-order valence-electron chi connectivity index (χ2n) is 5.42. The van der Waals surface area contributed by atoms with E-state index in [9.17, 15) is 9.90 Å². The predicted molar refractivity (Wildman–Crippen MR) is 67.1 cm³/mol. The van der Waals surface area contributed by atoms with Gasteiger partial charge in [0, 0.05) is 12.5 Å².